The van der Waals surface area contributed by atoms with Gasteiger partial charge in [-0.05, 0) is 30.7 Å². The van der Waals surface area contributed by atoms with Crippen molar-refractivity contribution < 1.29 is 14.3 Å². The Morgan fingerprint density at radius 2 is 1.80 bits per heavy atom. The molecular weight excluding hydrogens is 386 g/mol. The zero-order valence-corrected chi connectivity index (χ0v) is 16.2. The maximum absolute atomic E-state index is 12.5. The fourth-order valence-corrected chi connectivity index (χ4v) is 2.78. The molecule has 0 aliphatic rings. The number of hydrazine groups is 1. The lowest BCUT2D eigenvalue weighted by Gasteiger charge is -2.11. The normalized spacial score (nSPS) is 10.3. The van der Waals surface area contributed by atoms with E-state index in [-0.39, 0.29) is 17.9 Å². The van der Waals surface area contributed by atoms with Gasteiger partial charge >= 0.3 is 0 Å². The lowest BCUT2D eigenvalue weighted by molar-refractivity contribution is -0.123. The van der Waals surface area contributed by atoms with Gasteiger partial charge < -0.3 is 4.74 Å². The minimum atomic E-state index is -0.650. The molecule has 0 bridgehead atoms. The lowest BCUT2D eigenvalue weighted by Crippen LogP contribution is -2.44. The summed E-state index contributed by atoms with van der Waals surface area (Å²) in [5.41, 5.74) is 5.14. The van der Waals surface area contributed by atoms with Gasteiger partial charge in [0.25, 0.3) is 17.4 Å². The first-order valence-electron chi connectivity index (χ1n) is 9.21. The van der Waals surface area contributed by atoms with Crippen LogP contribution in [0.2, 0.25) is 0 Å². The quantitative estimate of drug-likeness (QED) is 0.596. The van der Waals surface area contributed by atoms with E-state index in [0.29, 0.717) is 29.5 Å². The molecule has 0 unspecified atom stereocenters. The van der Waals surface area contributed by atoms with E-state index in [1.807, 2.05) is 6.07 Å². The van der Waals surface area contributed by atoms with Gasteiger partial charge in [0.2, 0.25) is 0 Å². The molecule has 0 spiro atoms. The molecule has 2 aromatic carbocycles. The molecule has 0 fully saturated rings. The van der Waals surface area contributed by atoms with Gasteiger partial charge in [-0.1, -0.05) is 30.3 Å². The van der Waals surface area contributed by atoms with Crippen molar-refractivity contribution in [1.82, 2.24) is 20.6 Å². The summed E-state index contributed by atoms with van der Waals surface area (Å²) in [6.07, 6.45) is 0.293. The van der Waals surface area contributed by atoms with Gasteiger partial charge in [0.1, 0.15) is 5.75 Å². The molecule has 0 saturated carbocycles. The van der Waals surface area contributed by atoms with Crippen LogP contribution in [0.25, 0.3) is 10.8 Å². The highest BCUT2D eigenvalue weighted by molar-refractivity contribution is 6.05. The second kappa shape index (κ2) is 9.34. The molecule has 0 aliphatic carbocycles. The molecular formula is C21H19N5O4. The van der Waals surface area contributed by atoms with E-state index in [4.69, 9.17) is 10.00 Å². The molecule has 0 aliphatic heterocycles. The Balaban J connectivity index is 1.63. The zero-order chi connectivity index (χ0) is 21.5. The summed E-state index contributed by atoms with van der Waals surface area (Å²) in [5.74, 6) is -0.763. The summed E-state index contributed by atoms with van der Waals surface area (Å²) >= 11 is 0. The van der Waals surface area contributed by atoms with Gasteiger partial charge in [-0.3, -0.25) is 25.2 Å². The summed E-state index contributed by atoms with van der Waals surface area (Å²) < 4.78 is 6.55. The second-order valence-corrected chi connectivity index (χ2v) is 6.28. The van der Waals surface area contributed by atoms with Crippen LogP contribution in [-0.2, 0) is 17.8 Å². The number of ether oxygens (including phenoxy) is 1. The van der Waals surface area contributed by atoms with Gasteiger partial charge in [0.05, 0.1) is 17.9 Å². The van der Waals surface area contributed by atoms with Crippen LogP contribution in [0.15, 0.2) is 53.3 Å². The van der Waals surface area contributed by atoms with E-state index in [0.717, 1.165) is 5.56 Å². The third kappa shape index (κ3) is 4.62. The molecule has 2 N–H and O–H groups in total. The molecule has 0 saturated heterocycles. The van der Waals surface area contributed by atoms with E-state index in [1.165, 1.54) is 4.68 Å². The predicted octanol–water partition coefficient (Wildman–Crippen LogP) is 1.32. The van der Waals surface area contributed by atoms with Crippen LogP contribution in [-0.4, -0.2) is 28.2 Å². The van der Waals surface area contributed by atoms with Gasteiger partial charge in [-0.2, -0.15) is 10.4 Å². The first-order valence-corrected chi connectivity index (χ1v) is 9.21. The fraction of sp³-hybridized carbons (Fsp3) is 0.190. The topological polar surface area (TPSA) is 126 Å². The van der Waals surface area contributed by atoms with E-state index < -0.39 is 11.8 Å². The number of fused-ring (bicyclic) bond motifs is 1. The third-order valence-corrected chi connectivity index (χ3v) is 4.27. The highest BCUT2D eigenvalue weighted by Crippen LogP contribution is 2.13. The van der Waals surface area contributed by atoms with E-state index >= 15 is 0 Å². The number of nitriles is 1. The number of benzene rings is 2. The van der Waals surface area contributed by atoms with Crippen molar-refractivity contribution in [2.24, 2.45) is 0 Å². The van der Waals surface area contributed by atoms with Gasteiger partial charge in [0.15, 0.2) is 12.3 Å². The van der Waals surface area contributed by atoms with Gasteiger partial charge in [0, 0.05) is 11.9 Å². The molecule has 3 aromatic rings. The molecule has 152 valence electrons. The maximum Gasteiger partial charge on any atom is 0.290 e. The Labute approximate surface area is 171 Å². The summed E-state index contributed by atoms with van der Waals surface area (Å²) in [6, 6.07) is 15.5. The Morgan fingerprint density at radius 1 is 1.10 bits per heavy atom. The van der Waals surface area contributed by atoms with E-state index in [9.17, 15) is 14.4 Å². The minimum Gasteiger partial charge on any atom is -0.484 e. The Morgan fingerprint density at radius 3 is 2.47 bits per heavy atom. The van der Waals surface area contributed by atoms with Crippen molar-refractivity contribution in [3.05, 3.63) is 70.1 Å². The Bertz CT molecular complexity index is 1180. The third-order valence-electron chi connectivity index (χ3n) is 4.27. The summed E-state index contributed by atoms with van der Waals surface area (Å²) in [5, 5.41) is 13.5. The van der Waals surface area contributed by atoms with Crippen LogP contribution in [0.5, 0.6) is 5.75 Å². The molecule has 0 radical (unpaired) electrons. The number of aryl methyl sites for hydroxylation is 1. The molecule has 30 heavy (non-hydrogen) atoms. The number of carbonyl (C=O) groups is 2. The van der Waals surface area contributed by atoms with Crippen LogP contribution in [0.1, 0.15) is 23.0 Å². The maximum atomic E-state index is 12.5. The summed E-state index contributed by atoms with van der Waals surface area (Å²) in [4.78, 5) is 36.9. The average molecular weight is 405 g/mol. The molecule has 1 heterocycles. The van der Waals surface area contributed by atoms with Crippen LogP contribution >= 0.6 is 0 Å². The molecule has 9 nitrogen and oxygen atoms in total. The Kier molecular flexibility index (Phi) is 6.39. The SMILES string of the molecule is CCn1nc(C(=O)NNC(=O)COc2ccc(CC#N)cc2)c2ccccc2c1=O. The molecule has 9 heteroatoms. The number of aromatic nitrogens is 2. The van der Waals surface area contributed by atoms with Crippen molar-refractivity contribution in [2.45, 2.75) is 19.9 Å². The summed E-state index contributed by atoms with van der Waals surface area (Å²) in [6.45, 7) is 1.73. The molecule has 3 rings (SSSR count). The van der Waals surface area contributed by atoms with Crippen molar-refractivity contribution in [2.75, 3.05) is 6.61 Å². The zero-order valence-electron chi connectivity index (χ0n) is 16.2. The highest BCUT2D eigenvalue weighted by Gasteiger charge is 2.16. The first-order chi connectivity index (χ1) is 14.5. The second-order valence-electron chi connectivity index (χ2n) is 6.28. The number of nitrogens with zero attached hydrogens (tertiary/aromatic N) is 3. The smallest absolute Gasteiger partial charge is 0.290 e. The van der Waals surface area contributed by atoms with Crippen LogP contribution < -0.4 is 21.1 Å². The standard InChI is InChI=1S/C21H19N5O4/c1-2-26-21(29)17-6-4-3-5-16(17)19(25-26)20(28)24-23-18(27)13-30-15-9-7-14(8-10-15)11-12-22/h3-10H,2,11,13H2,1H3,(H,23,27)(H,24,28). The number of carbonyl (C=O) groups excluding carboxylic acids is 2. The van der Waals surface area contributed by atoms with E-state index in [2.05, 4.69) is 16.0 Å². The largest absolute Gasteiger partial charge is 0.484 e. The number of hydrogen-bond donors (Lipinski definition) is 2. The number of rotatable bonds is 6. The Hall–Kier alpha value is -4.19. The van der Waals surface area contributed by atoms with Gasteiger partial charge in [-0.15, -0.1) is 0 Å². The van der Waals surface area contributed by atoms with Crippen molar-refractivity contribution in [3.8, 4) is 11.8 Å². The fourth-order valence-electron chi connectivity index (χ4n) is 2.78. The summed E-state index contributed by atoms with van der Waals surface area (Å²) in [7, 11) is 0. The first kappa shape index (κ1) is 20.5. The van der Waals surface area contributed by atoms with E-state index in [1.54, 1.807) is 55.5 Å². The highest BCUT2D eigenvalue weighted by atomic mass is 16.5. The van der Waals surface area contributed by atoms with Crippen LogP contribution in [0, 0.1) is 11.3 Å². The molecule has 1 aromatic heterocycles. The predicted molar refractivity (Wildman–Crippen MR) is 109 cm³/mol. The minimum absolute atomic E-state index is 0.0290. The van der Waals surface area contributed by atoms with Gasteiger partial charge in [-0.25, -0.2) is 4.68 Å². The lowest BCUT2D eigenvalue weighted by atomic mass is 10.1. The van der Waals surface area contributed by atoms with Crippen LogP contribution in [0.4, 0.5) is 0 Å². The van der Waals surface area contributed by atoms with Crippen molar-refractivity contribution in [1.29, 1.82) is 5.26 Å². The van der Waals surface area contributed by atoms with Crippen LogP contribution in [0.3, 0.4) is 0 Å². The van der Waals surface area contributed by atoms with Crippen molar-refractivity contribution in [3.63, 3.8) is 0 Å². The molecule has 2 amide bonds. The number of hydrogen-bond acceptors (Lipinski definition) is 6. The molecule has 0 atom stereocenters. The number of nitrogens with one attached hydrogen (secondary N) is 2. The van der Waals surface area contributed by atoms with Crippen molar-refractivity contribution >= 4 is 22.6 Å². The monoisotopic (exact) mass is 405 g/mol. The number of amides is 2. The average Bonchev–Trinajstić information content (AvgIpc) is 2.77.